The number of alkyl halides is 6. The smallest absolute Gasteiger partial charge is 0.434 e. The van der Waals surface area contributed by atoms with Gasteiger partial charge in [0.05, 0.1) is 23.2 Å². The molecule has 2 bridgehead atoms. The minimum absolute atomic E-state index is 0.0105. The predicted octanol–water partition coefficient (Wildman–Crippen LogP) is 5.55. The van der Waals surface area contributed by atoms with Gasteiger partial charge in [0.15, 0.2) is 0 Å². The Kier molecular flexibility index (Phi) is 8.87. The van der Waals surface area contributed by atoms with Crippen molar-refractivity contribution in [1.82, 2.24) is 0 Å². The van der Waals surface area contributed by atoms with E-state index in [2.05, 4.69) is 25.5 Å². The van der Waals surface area contributed by atoms with Crippen LogP contribution >= 0.6 is 0 Å². The van der Waals surface area contributed by atoms with Crippen LogP contribution in [0, 0.1) is 46.3 Å². The lowest BCUT2D eigenvalue weighted by Gasteiger charge is -2.36. The molecule has 244 valence electrons. The van der Waals surface area contributed by atoms with Gasteiger partial charge < -0.3 is 18.9 Å². The van der Waals surface area contributed by atoms with E-state index in [0.717, 1.165) is 12.8 Å². The number of halogens is 6. The number of rotatable bonds is 8. The van der Waals surface area contributed by atoms with Gasteiger partial charge in [-0.2, -0.15) is 26.3 Å². The van der Waals surface area contributed by atoms with Crippen LogP contribution < -0.4 is 0 Å². The van der Waals surface area contributed by atoms with Gasteiger partial charge in [0, 0.05) is 11.8 Å². The Bertz CT molecular complexity index is 1090. The van der Waals surface area contributed by atoms with Gasteiger partial charge >= 0.3 is 36.2 Å². The first-order valence-corrected chi connectivity index (χ1v) is 14.6. The molecule has 43 heavy (non-hydrogen) atoms. The Labute approximate surface area is 245 Å². The number of carbonyl (C=O) groups excluding carboxylic acids is 4. The molecule has 7 atom stereocenters. The maximum atomic E-state index is 13.4. The Hall–Kier alpha value is -2.54. The van der Waals surface area contributed by atoms with Crippen molar-refractivity contribution >= 4 is 23.9 Å². The summed E-state index contributed by atoms with van der Waals surface area (Å²) in [7, 11) is 0. The molecule has 1 heterocycles. The molecule has 0 radical (unpaired) electrons. The zero-order valence-electron chi connectivity index (χ0n) is 24.7. The van der Waals surface area contributed by atoms with Crippen molar-refractivity contribution in [3.63, 3.8) is 0 Å². The van der Waals surface area contributed by atoms with Gasteiger partial charge in [-0.05, 0) is 56.8 Å². The highest BCUT2D eigenvalue weighted by atomic mass is 19.4. The van der Waals surface area contributed by atoms with Crippen LogP contribution in [0.1, 0.15) is 73.1 Å². The summed E-state index contributed by atoms with van der Waals surface area (Å²) < 4.78 is 98.7. The van der Waals surface area contributed by atoms with Crippen molar-refractivity contribution in [2.24, 2.45) is 46.3 Å². The normalized spacial score (nSPS) is 33.6. The molecule has 4 aliphatic rings. The molecular formula is C29H38F6O8. The van der Waals surface area contributed by atoms with Gasteiger partial charge in [0.25, 0.3) is 6.10 Å². The van der Waals surface area contributed by atoms with E-state index >= 15 is 0 Å². The molecule has 4 rings (SSSR count). The number of hydrogen-bond acceptors (Lipinski definition) is 8. The topological polar surface area (TPSA) is 105 Å². The van der Waals surface area contributed by atoms with Crippen LogP contribution in [0.15, 0.2) is 0 Å². The van der Waals surface area contributed by atoms with E-state index in [0.29, 0.717) is 18.8 Å². The van der Waals surface area contributed by atoms with Crippen LogP contribution in [0.5, 0.6) is 0 Å². The van der Waals surface area contributed by atoms with E-state index in [1.807, 2.05) is 0 Å². The number of carbonyl (C=O) groups is 4. The lowest BCUT2D eigenvalue weighted by molar-refractivity contribution is -0.315. The van der Waals surface area contributed by atoms with Crippen molar-refractivity contribution < 1.29 is 64.5 Å². The molecule has 0 amide bonds. The highest BCUT2D eigenvalue weighted by Crippen LogP contribution is 2.59. The molecule has 0 aromatic heterocycles. The van der Waals surface area contributed by atoms with Crippen molar-refractivity contribution in [3.8, 4) is 0 Å². The van der Waals surface area contributed by atoms with E-state index < -0.39 is 83.6 Å². The van der Waals surface area contributed by atoms with Gasteiger partial charge in [-0.15, -0.1) is 0 Å². The monoisotopic (exact) mass is 628 g/mol. The van der Waals surface area contributed by atoms with Gasteiger partial charge in [-0.25, -0.2) is 0 Å². The molecule has 1 aliphatic heterocycles. The lowest BCUT2D eigenvalue weighted by atomic mass is 9.70. The first-order chi connectivity index (χ1) is 19.7. The van der Waals surface area contributed by atoms with E-state index in [9.17, 15) is 45.5 Å². The summed E-state index contributed by atoms with van der Waals surface area (Å²) in [6, 6.07) is 0. The van der Waals surface area contributed by atoms with Crippen LogP contribution in [-0.2, 0) is 38.1 Å². The third-order valence-corrected chi connectivity index (χ3v) is 9.98. The summed E-state index contributed by atoms with van der Waals surface area (Å²) in [5, 5.41) is 0. The maximum Gasteiger partial charge on any atom is 0.434 e. The second-order valence-electron chi connectivity index (χ2n) is 13.7. The highest BCUT2D eigenvalue weighted by molar-refractivity contribution is 5.86. The number of fused-ring (bicyclic) bond motifs is 1. The van der Waals surface area contributed by atoms with Crippen molar-refractivity contribution in [2.45, 2.75) is 104 Å². The largest absolute Gasteiger partial charge is 0.464 e. The zero-order valence-corrected chi connectivity index (χ0v) is 24.7. The molecule has 3 saturated carbocycles. The molecule has 0 N–H and O–H groups in total. The zero-order chi connectivity index (χ0) is 32.3. The molecule has 0 spiro atoms. The first kappa shape index (κ1) is 33.4. The average molecular weight is 629 g/mol. The molecular weight excluding hydrogens is 590 g/mol. The molecule has 0 aromatic rings. The second kappa shape index (κ2) is 11.4. The van der Waals surface area contributed by atoms with Crippen LogP contribution in [0.4, 0.5) is 26.3 Å². The van der Waals surface area contributed by atoms with Gasteiger partial charge in [-0.1, -0.05) is 27.7 Å². The van der Waals surface area contributed by atoms with Gasteiger partial charge in [-0.3, -0.25) is 19.2 Å². The first-order valence-electron chi connectivity index (χ1n) is 14.6. The molecule has 8 nitrogen and oxygen atoms in total. The van der Waals surface area contributed by atoms with Crippen LogP contribution in [0.2, 0.25) is 0 Å². The third-order valence-electron chi connectivity index (χ3n) is 9.98. The minimum Gasteiger partial charge on any atom is -0.464 e. The standard InChI is InChI=1S/C29H38F6O8/c1-6-27(5,12-40-21(36)13-7-9-14(10-8-13)26(2,3)4)25(39)42-20-16-11-15-17(22(37)41-19(15)20)18(16)23(38)43-24(28(30,31)32)29(33,34)35/h13-20,24H,6-12H2,1-5H3. The molecule has 3 aliphatic carbocycles. The quantitative estimate of drug-likeness (QED) is 0.196. The SMILES string of the molecule is CCC(C)(COC(=O)C1CCC(C(C)(C)C)CC1)C(=O)OC1C2CC3C1OC(=O)C3C2C(=O)OC(C(F)(F)F)C(F)(F)F. The summed E-state index contributed by atoms with van der Waals surface area (Å²) in [5.41, 5.74) is -1.23. The third kappa shape index (κ3) is 6.48. The summed E-state index contributed by atoms with van der Waals surface area (Å²) in [4.78, 5) is 51.4. The van der Waals surface area contributed by atoms with E-state index in [-0.39, 0.29) is 30.8 Å². The van der Waals surface area contributed by atoms with Crippen LogP contribution in [0.25, 0.3) is 0 Å². The average Bonchev–Trinajstić information content (AvgIpc) is 3.52. The Morgan fingerprint density at radius 1 is 0.907 bits per heavy atom. The predicted molar refractivity (Wildman–Crippen MR) is 135 cm³/mol. The fourth-order valence-corrected chi connectivity index (χ4v) is 7.10. The summed E-state index contributed by atoms with van der Waals surface area (Å²) in [6.07, 6.45) is -15.3. The second-order valence-corrected chi connectivity index (χ2v) is 13.7. The molecule has 4 fully saturated rings. The lowest BCUT2D eigenvalue weighted by Crippen LogP contribution is -2.50. The molecule has 0 aromatic carbocycles. The summed E-state index contributed by atoms with van der Waals surface area (Å²) >= 11 is 0. The summed E-state index contributed by atoms with van der Waals surface area (Å²) in [5.74, 6) is -8.78. The minimum atomic E-state index is -5.93. The van der Waals surface area contributed by atoms with Crippen molar-refractivity contribution in [1.29, 1.82) is 0 Å². The van der Waals surface area contributed by atoms with E-state index in [1.54, 1.807) is 6.92 Å². The van der Waals surface area contributed by atoms with Crippen LogP contribution in [-0.4, -0.2) is 61.1 Å². The molecule has 7 unspecified atom stereocenters. The molecule has 1 saturated heterocycles. The van der Waals surface area contributed by atoms with Crippen molar-refractivity contribution in [3.05, 3.63) is 0 Å². The van der Waals surface area contributed by atoms with Crippen LogP contribution in [0.3, 0.4) is 0 Å². The summed E-state index contributed by atoms with van der Waals surface area (Å²) in [6.45, 7) is 9.31. The number of ether oxygens (including phenoxy) is 4. The Morgan fingerprint density at radius 3 is 2.00 bits per heavy atom. The fourth-order valence-electron chi connectivity index (χ4n) is 7.10. The van der Waals surface area contributed by atoms with Gasteiger partial charge in [0.2, 0.25) is 0 Å². The highest BCUT2D eigenvalue weighted by Gasteiger charge is 2.71. The van der Waals surface area contributed by atoms with E-state index in [1.165, 1.54) is 6.92 Å². The molecule has 14 heteroatoms. The van der Waals surface area contributed by atoms with Gasteiger partial charge in [0.1, 0.15) is 18.8 Å². The Balaban J connectivity index is 1.42. The fraction of sp³-hybridized carbons (Fsp3) is 0.862. The number of hydrogen-bond donors (Lipinski definition) is 0. The Morgan fingerprint density at radius 2 is 1.49 bits per heavy atom. The maximum absolute atomic E-state index is 13.4. The number of esters is 4. The van der Waals surface area contributed by atoms with Crippen molar-refractivity contribution in [2.75, 3.05) is 6.61 Å². The van der Waals surface area contributed by atoms with E-state index in [4.69, 9.17) is 14.2 Å².